The van der Waals surface area contributed by atoms with Gasteiger partial charge in [-0.15, -0.1) is 11.3 Å². The van der Waals surface area contributed by atoms with Gasteiger partial charge in [0, 0.05) is 24.1 Å². The van der Waals surface area contributed by atoms with Crippen molar-refractivity contribution in [2.75, 3.05) is 13.2 Å². The maximum atomic E-state index is 5.83. The first-order chi connectivity index (χ1) is 7.27. The van der Waals surface area contributed by atoms with Crippen molar-refractivity contribution in [2.24, 2.45) is 5.92 Å². The lowest BCUT2D eigenvalue weighted by molar-refractivity contribution is 0.0354. The molecule has 1 saturated heterocycles. The van der Waals surface area contributed by atoms with E-state index in [9.17, 15) is 0 Å². The molecule has 1 aliphatic rings. The largest absolute Gasteiger partial charge is 0.377 e. The second-order valence-electron chi connectivity index (χ2n) is 4.42. The van der Waals surface area contributed by atoms with E-state index in [1.165, 1.54) is 4.88 Å². The normalized spacial score (nSPS) is 27.9. The summed E-state index contributed by atoms with van der Waals surface area (Å²) in [5.74, 6) is 0.597. The third kappa shape index (κ3) is 2.80. The SMILES string of the molecule is CC(C)C1CNC(c2cccs2)CCO1. The molecule has 0 aliphatic carbocycles. The molecule has 0 bridgehead atoms. The Balaban J connectivity index is 1.96. The molecule has 2 atom stereocenters. The van der Waals surface area contributed by atoms with E-state index in [0.29, 0.717) is 18.1 Å². The van der Waals surface area contributed by atoms with Gasteiger partial charge >= 0.3 is 0 Å². The lowest BCUT2D eigenvalue weighted by Gasteiger charge is -2.19. The first-order valence-electron chi connectivity index (χ1n) is 5.65. The molecule has 2 unspecified atom stereocenters. The van der Waals surface area contributed by atoms with Gasteiger partial charge in [-0.3, -0.25) is 0 Å². The van der Waals surface area contributed by atoms with E-state index in [1.54, 1.807) is 0 Å². The molecule has 2 nitrogen and oxygen atoms in total. The van der Waals surface area contributed by atoms with Crippen LogP contribution < -0.4 is 5.32 Å². The van der Waals surface area contributed by atoms with Gasteiger partial charge in [0.05, 0.1) is 6.10 Å². The van der Waals surface area contributed by atoms with Crippen molar-refractivity contribution in [1.82, 2.24) is 5.32 Å². The maximum absolute atomic E-state index is 5.83. The molecule has 15 heavy (non-hydrogen) atoms. The van der Waals surface area contributed by atoms with Crippen LogP contribution in [-0.2, 0) is 4.74 Å². The fourth-order valence-electron chi connectivity index (χ4n) is 1.92. The van der Waals surface area contributed by atoms with E-state index in [4.69, 9.17) is 4.74 Å². The van der Waals surface area contributed by atoms with Gasteiger partial charge in [-0.25, -0.2) is 0 Å². The van der Waals surface area contributed by atoms with E-state index in [-0.39, 0.29) is 0 Å². The molecule has 2 rings (SSSR count). The van der Waals surface area contributed by atoms with Crippen molar-refractivity contribution < 1.29 is 4.74 Å². The molecule has 1 N–H and O–H groups in total. The zero-order valence-electron chi connectivity index (χ0n) is 9.40. The van der Waals surface area contributed by atoms with Crippen LogP contribution in [-0.4, -0.2) is 19.3 Å². The standard InChI is InChI=1S/C12H19NOS/c1-9(2)11-8-13-10(5-6-14-11)12-4-3-7-15-12/h3-4,7,9-11,13H,5-6,8H2,1-2H3. The van der Waals surface area contributed by atoms with Crippen molar-refractivity contribution in [3.05, 3.63) is 22.4 Å². The smallest absolute Gasteiger partial charge is 0.0722 e. The van der Waals surface area contributed by atoms with Gasteiger partial charge in [0.2, 0.25) is 0 Å². The van der Waals surface area contributed by atoms with Gasteiger partial charge in [0.1, 0.15) is 0 Å². The van der Waals surface area contributed by atoms with E-state index in [2.05, 4.69) is 36.7 Å². The van der Waals surface area contributed by atoms with Gasteiger partial charge in [-0.1, -0.05) is 19.9 Å². The summed E-state index contributed by atoms with van der Waals surface area (Å²) < 4.78 is 5.83. The Morgan fingerprint density at radius 1 is 1.53 bits per heavy atom. The van der Waals surface area contributed by atoms with Crippen LogP contribution in [0.5, 0.6) is 0 Å². The average Bonchev–Trinajstić information content (AvgIpc) is 2.62. The van der Waals surface area contributed by atoms with Crippen LogP contribution in [0, 0.1) is 5.92 Å². The van der Waals surface area contributed by atoms with Crippen LogP contribution in [0.25, 0.3) is 0 Å². The summed E-state index contributed by atoms with van der Waals surface area (Å²) in [7, 11) is 0. The van der Waals surface area contributed by atoms with Crippen LogP contribution in [0.3, 0.4) is 0 Å². The lowest BCUT2D eigenvalue weighted by atomic mass is 10.1. The predicted molar refractivity (Wildman–Crippen MR) is 64.3 cm³/mol. The Hall–Kier alpha value is -0.380. The van der Waals surface area contributed by atoms with Crippen molar-refractivity contribution in [3.63, 3.8) is 0 Å². The number of nitrogens with one attached hydrogen (secondary N) is 1. The van der Waals surface area contributed by atoms with Crippen LogP contribution in [0.2, 0.25) is 0 Å². The monoisotopic (exact) mass is 225 g/mol. The van der Waals surface area contributed by atoms with E-state index in [1.807, 2.05) is 11.3 Å². The first kappa shape index (κ1) is 11.1. The van der Waals surface area contributed by atoms with Gasteiger partial charge < -0.3 is 10.1 Å². The van der Waals surface area contributed by atoms with Crippen LogP contribution in [0.1, 0.15) is 31.2 Å². The molecular formula is C12H19NOS. The van der Waals surface area contributed by atoms with E-state index >= 15 is 0 Å². The molecule has 1 aliphatic heterocycles. The summed E-state index contributed by atoms with van der Waals surface area (Å²) in [6.07, 6.45) is 1.46. The van der Waals surface area contributed by atoms with Crippen LogP contribution in [0.4, 0.5) is 0 Å². The molecule has 84 valence electrons. The number of rotatable bonds is 2. The van der Waals surface area contributed by atoms with Crippen molar-refractivity contribution in [3.8, 4) is 0 Å². The minimum absolute atomic E-state index is 0.370. The Bertz CT molecular complexity index is 284. The second kappa shape index (κ2) is 5.10. The Morgan fingerprint density at radius 3 is 3.07 bits per heavy atom. The molecular weight excluding hydrogens is 206 g/mol. The molecule has 1 aromatic rings. The summed E-state index contributed by atoms with van der Waals surface area (Å²) in [6.45, 7) is 6.29. The summed E-state index contributed by atoms with van der Waals surface area (Å²) in [5.41, 5.74) is 0. The summed E-state index contributed by atoms with van der Waals surface area (Å²) in [4.78, 5) is 1.43. The second-order valence-corrected chi connectivity index (χ2v) is 5.40. The Morgan fingerprint density at radius 2 is 2.40 bits per heavy atom. The highest BCUT2D eigenvalue weighted by Crippen LogP contribution is 2.24. The summed E-state index contributed by atoms with van der Waals surface area (Å²) >= 11 is 1.83. The molecule has 0 saturated carbocycles. The zero-order valence-corrected chi connectivity index (χ0v) is 10.2. The van der Waals surface area contributed by atoms with Gasteiger partial charge in [-0.2, -0.15) is 0 Å². The minimum atomic E-state index is 0.370. The Kier molecular flexibility index (Phi) is 3.78. The third-order valence-corrected chi connectivity index (χ3v) is 3.92. The lowest BCUT2D eigenvalue weighted by Crippen LogP contribution is -2.31. The van der Waals surface area contributed by atoms with Crippen LogP contribution in [0.15, 0.2) is 17.5 Å². The fourth-order valence-corrected chi connectivity index (χ4v) is 2.75. The van der Waals surface area contributed by atoms with Crippen LogP contribution >= 0.6 is 11.3 Å². The summed E-state index contributed by atoms with van der Waals surface area (Å²) in [5, 5.41) is 5.74. The molecule has 0 spiro atoms. The molecule has 1 fully saturated rings. The van der Waals surface area contributed by atoms with Gasteiger partial charge in [0.15, 0.2) is 0 Å². The van der Waals surface area contributed by atoms with Gasteiger partial charge in [-0.05, 0) is 23.8 Å². The molecule has 3 heteroatoms. The van der Waals surface area contributed by atoms with Crippen molar-refractivity contribution >= 4 is 11.3 Å². The van der Waals surface area contributed by atoms with E-state index < -0.39 is 0 Å². The molecule has 0 aromatic carbocycles. The van der Waals surface area contributed by atoms with Gasteiger partial charge in [0.25, 0.3) is 0 Å². The van der Waals surface area contributed by atoms with Crippen molar-refractivity contribution in [1.29, 1.82) is 0 Å². The third-order valence-electron chi connectivity index (χ3n) is 2.93. The number of hydrogen-bond acceptors (Lipinski definition) is 3. The topological polar surface area (TPSA) is 21.3 Å². The number of ether oxygens (including phenoxy) is 1. The highest BCUT2D eigenvalue weighted by atomic mass is 32.1. The number of hydrogen-bond donors (Lipinski definition) is 1. The highest BCUT2D eigenvalue weighted by molar-refractivity contribution is 7.10. The molecule has 0 amide bonds. The molecule has 1 aromatic heterocycles. The maximum Gasteiger partial charge on any atom is 0.0722 e. The zero-order chi connectivity index (χ0) is 10.7. The quantitative estimate of drug-likeness (QED) is 0.835. The molecule has 0 radical (unpaired) electrons. The minimum Gasteiger partial charge on any atom is -0.377 e. The molecule has 2 heterocycles. The Labute approximate surface area is 95.6 Å². The van der Waals surface area contributed by atoms with Crippen molar-refractivity contribution in [2.45, 2.75) is 32.4 Å². The van der Waals surface area contributed by atoms with E-state index in [0.717, 1.165) is 19.6 Å². The average molecular weight is 225 g/mol. The highest BCUT2D eigenvalue weighted by Gasteiger charge is 2.22. The fraction of sp³-hybridized carbons (Fsp3) is 0.667. The predicted octanol–water partition coefficient (Wildman–Crippen LogP) is 2.82. The summed E-state index contributed by atoms with van der Waals surface area (Å²) in [6, 6.07) is 4.82. The first-order valence-corrected chi connectivity index (χ1v) is 6.53. The number of thiophene rings is 1.